The van der Waals surface area contributed by atoms with Crippen molar-refractivity contribution in [3.8, 4) is 0 Å². The van der Waals surface area contributed by atoms with E-state index >= 15 is 0 Å². The lowest BCUT2D eigenvalue weighted by atomic mass is 10.0. The zero-order valence-corrected chi connectivity index (χ0v) is 12.6. The van der Waals surface area contributed by atoms with E-state index in [4.69, 9.17) is 4.74 Å². The van der Waals surface area contributed by atoms with Gasteiger partial charge in [-0.3, -0.25) is 4.90 Å². The Bertz CT molecular complexity index is 253. The summed E-state index contributed by atoms with van der Waals surface area (Å²) in [6.45, 7) is 11.5. The van der Waals surface area contributed by atoms with Gasteiger partial charge in [0.1, 0.15) is 0 Å². The molecule has 1 rings (SSSR count). The molecule has 112 valence electrons. The Morgan fingerprint density at radius 2 is 1.95 bits per heavy atom. The zero-order chi connectivity index (χ0) is 14.1. The molecule has 0 spiro atoms. The number of nitrogens with one attached hydrogen (secondary N) is 2. The van der Waals surface area contributed by atoms with Crippen LogP contribution in [0.4, 0.5) is 4.79 Å². The number of carbonyl (C=O) groups is 1. The molecule has 19 heavy (non-hydrogen) atoms. The largest absolute Gasteiger partial charge is 0.379 e. The second-order valence-corrected chi connectivity index (χ2v) is 5.57. The fourth-order valence-corrected chi connectivity index (χ4v) is 2.36. The van der Waals surface area contributed by atoms with Crippen molar-refractivity contribution in [1.29, 1.82) is 0 Å². The summed E-state index contributed by atoms with van der Waals surface area (Å²) in [5.74, 6) is 0.633. The van der Waals surface area contributed by atoms with Crippen LogP contribution in [0.3, 0.4) is 0 Å². The van der Waals surface area contributed by atoms with Crippen LogP contribution < -0.4 is 10.6 Å². The number of nitrogens with zero attached hydrogens (tertiary/aromatic N) is 1. The van der Waals surface area contributed by atoms with Crippen LogP contribution in [0.5, 0.6) is 0 Å². The van der Waals surface area contributed by atoms with Gasteiger partial charge in [0.15, 0.2) is 0 Å². The molecule has 1 fully saturated rings. The monoisotopic (exact) mass is 271 g/mol. The molecule has 0 aromatic rings. The second kappa shape index (κ2) is 9.15. The highest BCUT2D eigenvalue weighted by molar-refractivity contribution is 5.73. The lowest BCUT2D eigenvalue weighted by Crippen LogP contribution is -2.50. The third-order valence-electron chi connectivity index (χ3n) is 3.34. The lowest BCUT2D eigenvalue weighted by Gasteiger charge is -2.35. The number of hydrogen-bond acceptors (Lipinski definition) is 3. The third-order valence-corrected chi connectivity index (χ3v) is 3.34. The van der Waals surface area contributed by atoms with Gasteiger partial charge in [-0.15, -0.1) is 0 Å². The molecule has 1 heterocycles. The summed E-state index contributed by atoms with van der Waals surface area (Å²) < 4.78 is 5.39. The van der Waals surface area contributed by atoms with Crippen LogP contribution in [0.15, 0.2) is 0 Å². The van der Waals surface area contributed by atoms with Gasteiger partial charge in [-0.1, -0.05) is 20.8 Å². The highest BCUT2D eigenvalue weighted by Crippen LogP contribution is 2.12. The first-order chi connectivity index (χ1) is 9.13. The van der Waals surface area contributed by atoms with Crippen molar-refractivity contribution in [2.75, 3.05) is 39.4 Å². The maximum absolute atomic E-state index is 11.6. The first-order valence-electron chi connectivity index (χ1n) is 7.47. The van der Waals surface area contributed by atoms with Crippen molar-refractivity contribution in [3.63, 3.8) is 0 Å². The number of amides is 2. The number of carbonyl (C=O) groups excluding carboxylic acids is 1. The van der Waals surface area contributed by atoms with Crippen LogP contribution in [-0.2, 0) is 4.74 Å². The molecular formula is C14H29N3O2. The SMILES string of the molecule is CCCNC(=O)NCC(CC(C)C)N1CCOCC1. The van der Waals surface area contributed by atoms with Crippen molar-refractivity contribution in [1.82, 2.24) is 15.5 Å². The van der Waals surface area contributed by atoms with Crippen LogP contribution in [0.1, 0.15) is 33.6 Å². The van der Waals surface area contributed by atoms with E-state index in [0.29, 0.717) is 18.5 Å². The quantitative estimate of drug-likeness (QED) is 0.737. The van der Waals surface area contributed by atoms with Gasteiger partial charge in [0.05, 0.1) is 13.2 Å². The minimum Gasteiger partial charge on any atom is -0.379 e. The molecule has 1 aliphatic rings. The summed E-state index contributed by atoms with van der Waals surface area (Å²) in [5.41, 5.74) is 0. The fraction of sp³-hybridized carbons (Fsp3) is 0.929. The van der Waals surface area contributed by atoms with Gasteiger partial charge in [-0.05, 0) is 18.8 Å². The lowest BCUT2D eigenvalue weighted by molar-refractivity contribution is 0.0129. The van der Waals surface area contributed by atoms with Gasteiger partial charge in [-0.25, -0.2) is 4.79 Å². The molecule has 0 aromatic carbocycles. The summed E-state index contributed by atoms with van der Waals surface area (Å²) in [6, 6.07) is 0.361. The first-order valence-corrected chi connectivity index (χ1v) is 7.47. The predicted molar refractivity (Wildman–Crippen MR) is 77.3 cm³/mol. The van der Waals surface area contributed by atoms with E-state index < -0.39 is 0 Å². The molecule has 1 aliphatic heterocycles. The number of hydrogen-bond donors (Lipinski definition) is 2. The summed E-state index contributed by atoms with van der Waals surface area (Å²) >= 11 is 0. The number of morpholine rings is 1. The van der Waals surface area contributed by atoms with Gasteiger partial charge in [0.2, 0.25) is 0 Å². The van der Waals surface area contributed by atoms with E-state index in [9.17, 15) is 4.79 Å². The van der Waals surface area contributed by atoms with Crippen LogP contribution in [0.25, 0.3) is 0 Å². The zero-order valence-electron chi connectivity index (χ0n) is 12.6. The van der Waals surface area contributed by atoms with Crippen LogP contribution in [0, 0.1) is 5.92 Å². The molecule has 0 aliphatic carbocycles. The molecule has 1 unspecified atom stereocenters. The van der Waals surface area contributed by atoms with Crippen molar-refractivity contribution >= 4 is 6.03 Å². The summed E-state index contributed by atoms with van der Waals surface area (Å²) in [6.07, 6.45) is 2.07. The van der Waals surface area contributed by atoms with Crippen molar-refractivity contribution in [2.24, 2.45) is 5.92 Å². The average Bonchev–Trinajstić information content (AvgIpc) is 2.41. The Hall–Kier alpha value is -0.810. The van der Waals surface area contributed by atoms with Crippen LogP contribution >= 0.6 is 0 Å². The van der Waals surface area contributed by atoms with E-state index in [1.165, 1.54) is 0 Å². The number of rotatable bonds is 7. The fourth-order valence-electron chi connectivity index (χ4n) is 2.36. The van der Waals surface area contributed by atoms with Gasteiger partial charge >= 0.3 is 6.03 Å². The molecule has 0 radical (unpaired) electrons. The average molecular weight is 271 g/mol. The van der Waals surface area contributed by atoms with E-state index in [-0.39, 0.29) is 6.03 Å². The molecule has 0 aromatic heterocycles. The van der Waals surface area contributed by atoms with E-state index in [1.807, 2.05) is 0 Å². The summed E-state index contributed by atoms with van der Waals surface area (Å²) in [4.78, 5) is 14.0. The summed E-state index contributed by atoms with van der Waals surface area (Å²) in [7, 11) is 0. The van der Waals surface area contributed by atoms with Gasteiger partial charge in [0.25, 0.3) is 0 Å². The van der Waals surface area contributed by atoms with Crippen molar-refractivity contribution in [2.45, 2.75) is 39.7 Å². The number of ether oxygens (including phenoxy) is 1. The van der Waals surface area contributed by atoms with E-state index in [1.54, 1.807) is 0 Å². The van der Waals surface area contributed by atoms with Crippen LogP contribution in [0.2, 0.25) is 0 Å². The molecule has 1 atom stereocenters. The molecule has 5 heteroatoms. The third kappa shape index (κ3) is 6.78. The minimum atomic E-state index is -0.0520. The Kier molecular flexibility index (Phi) is 7.82. The molecular weight excluding hydrogens is 242 g/mol. The molecule has 0 bridgehead atoms. The van der Waals surface area contributed by atoms with Crippen molar-refractivity contribution < 1.29 is 9.53 Å². The van der Waals surface area contributed by atoms with Crippen LogP contribution in [-0.4, -0.2) is 56.4 Å². The Labute approximate surface area is 117 Å². The standard InChI is InChI=1S/C14H29N3O2/c1-4-5-15-14(18)16-11-13(10-12(2)3)17-6-8-19-9-7-17/h12-13H,4-11H2,1-3H3,(H2,15,16,18). The molecule has 2 N–H and O–H groups in total. The molecule has 2 amide bonds. The topological polar surface area (TPSA) is 53.6 Å². The Morgan fingerprint density at radius 3 is 2.53 bits per heavy atom. The molecule has 1 saturated heterocycles. The molecule has 5 nitrogen and oxygen atoms in total. The normalized spacial score (nSPS) is 18.3. The smallest absolute Gasteiger partial charge is 0.314 e. The predicted octanol–water partition coefficient (Wildman–Crippen LogP) is 1.44. The maximum atomic E-state index is 11.6. The Morgan fingerprint density at radius 1 is 1.26 bits per heavy atom. The highest BCUT2D eigenvalue weighted by Gasteiger charge is 2.22. The maximum Gasteiger partial charge on any atom is 0.314 e. The first kappa shape index (κ1) is 16.2. The highest BCUT2D eigenvalue weighted by atomic mass is 16.5. The number of urea groups is 1. The van der Waals surface area contributed by atoms with Crippen molar-refractivity contribution in [3.05, 3.63) is 0 Å². The summed E-state index contributed by atoms with van der Waals surface area (Å²) in [5, 5.41) is 5.84. The Balaban J connectivity index is 2.37. The molecule has 0 saturated carbocycles. The minimum absolute atomic E-state index is 0.0520. The van der Waals surface area contributed by atoms with E-state index in [2.05, 4.69) is 36.3 Å². The second-order valence-electron chi connectivity index (χ2n) is 5.57. The van der Waals surface area contributed by atoms with Gasteiger partial charge in [-0.2, -0.15) is 0 Å². The van der Waals surface area contributed by atoms with E-state index in [0.717, 1.165) is 45.7 Å². The van der Waals surface area contributed by atoms with Gasteiger partial charge < -0.3 is 15.4 Å². The van der Waals surface area contributed by atoms with Gasteiger partial charge in [0, 0.05) is 32.2 Å².